The number of halogens is 2. The first kappa shape index (κ1) is 20.7. The Labute approximate surface area is 195 Å². The van der Waals surface area contributed by atoms with Gasteiger partial charge in [-0.2, -0.15) is 0 Å². The summed E-state index contributed by atoms with van der Waals surface area (Å²) in [6.07, 6.45) is 0. The number of nitrogens with zero attached hydrogens (tertiary/aromatic N) is 1. The van der Waals surface area contributed by atoms with Gasteiger partial charge in [-0.1, -0.05) is 35.9 Å². The molecule has 2 aliphatic rings. The Morgan fingerprint density at radius 2 is 1.91 bits per heavy atom. The van der Waals surface area contributed by atoms with Gasteiger partial charge in [0.1, 0.15) is 17.5 Å². The third-order valence-corrected chi connectivity index (χ3v) is 6.42. The van der Waals surface area contributed by atoms with Gasteiger partial charge < -0.3 is 15.4 Å². The molecule has 2 N–H and O–H groups in total. The number of ether oxygens (including phenoxy) is 1. The van der Waals surface area contributed by atoms with Crippen LogP contribution in [0.25, 0.3) is 0 Å². The minimum atomic E-state index is -1.20. The van der Waals surface area contributed by atoms with E-state index < -0.39 is 23.5 Å². The summed E-state index contributed by atoms with van der Waals surface area (Å²) in [5, 5.41) is 7.19. The third-order valence-electron chi connectivity index (χ3n) is 5.87. The summed E-state index contributed by atoms with van der Waals surface area (Å²) in [5.41, 5.74) is 0.737. The van der Waals surface area contributed by atoms with E-state index in [1.807, 2.05) is 24.3 Å². The first-order chi connectivity index (χ1) is 15.4. The molecule has 2 heterocycles. The second-order valence-corrected chi connectivity index (χ2v) is 8.73. The lowest BCUT2D eigenvalue weighted by molar-refractivity contribution is -0.130. The van der Waals surface area contributed by atoms with Crippen LogP contribution in [0.1, 0.15) is 18.5 Å². The minimum Gasteiger partial charge on any atom is -0.467 e. The molecule has 0 aromatic heterocycles. The molecule has 3 aromatic rings. The maximum absolute atomic E-state index is 14.1. The van der Waals surface area contributed by atoms with Gasteiger partial charge in [0.2, 0.25) is 5.91 Å². The third kappa shape index (κ3) is 3.38. The average molecular weight is 468 g/mol. The molecule has 2 aliphatic heterocycles. The molecule has 0 radical (unpaired) electrons. The highest BCUT2D eigenvalue weighted by molar-refractivity contribution is 7.80. The number of para-hydroxylation sites is 1. The lowest BCUT2D eigenvalue weighted by Crippen LogP contribution is -2.72. The van der Waals surface area contributed by atoms with Crippen molar-refractivity contribution in [1.29, 1.82) is 0 Å². The fourth-order valence-electron chi connectivity index (χ4n) is 4.49. The molecule has 0 saturated carbocycles. The van der Waals surface area contributed by atoms with E-state index in [-0.39, 0.29) is 5.91 Å². The van der Waals surface area contributed by atoms with Crippen molar-refractivity contribution in [3.63, 3.8) is 0 Å². The molecule has 1 saturated heterocycles. The monoisotopic (exact) mass is 467 g/mol. The number of hydrogen-bond donors (Lipinski definition) is 2. The zero-order chi connectivity index (χ0) is 22.5. The van der Waals surface area contributed by atoms with Crippen LogP contribution in [0.2, 0.25) is 5.02 Å². The van der Waals surface area contributed by atoms with E-state index in [1.54, 1.807) is 48.2 Å². The van der Waals surface area contributed by atoms with Gasteiger partial charge in [0, 0.05) is 22.0 Å². The molecule has 32 heavy (non-hydrogen) atoms. The molecule has 1 amide bonds. The molecule has 8 heteroatoms. The van der Waals surface area contributed by atoms with Crippen molar-refractivity contribution in [1.82, 2.24) is 5.32 Å². The molecule has 1 fully saturated rings. The van der Waals surface area contributed by atoms with E-state index in [4.69, 9.17) is 28.6 Å². The zero-order valence-electron chi connectivity index (χ0n) is 17.0. The van der Waals surface area contributed by atoms with Crippen LogP contribution < -0.4 is 20.3 Å². The van der Waals surface area contributed by atoms with Crippen LogP contribution >= 0.6 is 23.8 Å². The van der Waals surface area contributed by atoms with Crippen molar-refractivity contribution in [2.24, 2.45) is 5.92 Å². The number of amides is 1. The summed E-state index contributed by atoms with van der Waals surface area (Å²) in [5.74, 6) is -0.727. The van der Waals surface area contributed by atoms with Gasteiger partial charge in [0.25, 0.3) is 0 Å². The van der Waals surface area contributed by atoms with E-state index in [0.717, 1.165) is 5.56 Å². The van der Waals surface area contributed by atoms with E-state index >= 15 is 0 Å². The standard InChI is InChI=1S/C24H19ClFN3O2S/c1-24-20(22(30)27-16-11-9-14(25)10-12-16)21(18-7-2-3-8-19(18)31-24)28-23(32)29(24)17-6-4-5-15(26)13-17/h2-13,20-21H,1H3,(H,27,30)(H,28,32)/t20-,21+,24+/m0/s1. The van der Waals surface area contributed by atoms with Crippen molar-refractivity contribution in [2.45, 2.75) is 18.7 Å². The molecule has 3 atom stereocenters. The highest BCUT2D eigenvalue weighted by Gasteiger charge is 2.59. The number of carbonyl (C=O) groups excluding carboxylic acids is 1. The van der Waals surface area contributed by atoms with Crippen LogP contribution in [0.5, 0.6) is 5.75 Å². The van der Waals surface area contributed by atoms with Crippen LogP contribution in [0.4, 0.5) is 15.8 Å². The SMILES string of the molecule is C[C@]12Oc3ccccc3[C@@H](NC(=S)N1c1cccc(F)c1)[C@H]2C(=O)Nc1ccc(Cl)cc1. The van der Waals surface area contributed by atoms with Crippen molar-refractivity contribution in [3.05, 3.63) is 89.2 Å². The molecule has 3 aromatic carbocycles. The topological polar surface area (TPSA) is 53.6 Å². The molecular formula is C24H19ClFN3O2S. The summed E-state index contributed by atoms with van der Waals surface area (Å²) in [6, 6.07) is 20.1. The Morgan fingerprint density at radius 1 is 1.16 bits per heavy atom. The fraction of sp³-hybridized carbons (Fsp3) is 0.167. The van der Waals surface area contributed by atoms with Gasteiger partial charge in [-0.25, -0.2) is 4.39 Å². The second kappa shape index (κ2) is 7.76. The molecule has 2 bridgehead atoms. The quantitative estimate of drug-likeness (QED) is 0.513. The number of benzene rings is 3. The predicted molar refractivity (Wildman–Crippen MR) is 126 cm³/mol. The van der Waals surface area contributed by atoms with Crippen molar-refractivity contribution in [3.8, 4) is 5.75 Å². The zero-order valence-corrected chi connectivity index (χ0v) is 18.6. The second-order valence-electron chi connectivity index (χ2n) is 7.91. The smallest absolute Gasteiger partial charge is 0.236 e. The first-order valence-electron chi connectivity index (χ1n) is 10.1. The summed E-state index contributed by atoms with van der Waals surface area (Å²) in [6.45, 7) is 1.81. The van der Waals surface area contributed by atoms with Crippen LogP contribution in [0, 0.1) is 11.7 Å². The Bertz CT molecular complexity index is 1220. The molecule has 5 nitrogen and oxygen atoms in total. The molecule has 162 valence electrons. The molecule has 5 rings (SSSR count). The Balaban J connectivity index is 1.61. The summed E-state index contributed by atoms with van der Waals surface area (Å²) < 4.78 is 20.5. The Kier molecular flexibility index (Phi) is 5.03. The number of hydrogen-bond acceptors (Lipinski definition) is 3. The number of nitrogens with one attached hydrogen (secondary N) is 2. The van der Waals surface area contributed by atoms with Gasteiger partial charge in [0.15, 0.2) is 10.8 Å². The summed E-state index contributed by atoms with van der Waals surface area (Å²) >= 11 is 11.6. The van der Waals surface area contributed by atoms with Gasteiger partial charge in [-0.15, -0.1) is 0 Å². The van der Waals surface area contributed by atoms with Gasteiger partial charge in [-0.3, -0.25) is 9.69 Å². The Morgan fingerprint density at radius 3 is 2.66 bits per heavy atom. The highest BCUT2D eigenvalue weighted by atomic mass is 35.5. The lowest BCUT2D eigenvalue weighted by Gasteiger charge is -2.56. The molecular weight excluding hydrogens is 449 g/mol. The van der Waals surface area contributed by atoms with Crippen molar-refractivity contribution in [2.75, 3.05) is 10.2 Å². The van der Waals surface area contributed by atoms with Crippen LogP contribution in [0.15, 0.2) is 72.8 Å². The maximum atomic E-state index is 14.1. The lowest BCUT2D eigenvalue weighted by atomic mass is 9.78. The van der Waals surface area contributed by atoms with E-state index in [0.29, 0.717) is 27.3 Å². The highest BCUT2D eigenvalue weighted by Crippen LogP contribution is 2.49. The number of anilines is 2. The maximum Gasteiger partial charge on any atom is 0.236 e. The van der Waals surface area contributed by atoms with Gasteiger partial charge in [0.05, 0.1) is 6.04 Å². The number of thiocarbonyl (C=S) groups is 1. The molecule has 0 aliphatic carbocycles. The number of rotatable bonds is 3. The predicted octanol–water partition coefficient (Wildman–Crippen LogP) is 5.28. The van der Waals surface area contributed by atoms with Crippen LogP contribution in [-0.4, -0.2) is 16.7 Å². The first-order valence-corrected chi connectivity index (χ1v) is 10.9. The van der Waals surface area contributed by atoms with Gasteiger partial charge >= 0.3 is 0 Å². The normalized spacial score (nSPS) is 23.6. The largest absolute Gasteiger partial charge is 0.467 e. The van der Waals surface area contributed by atoms with Crippen molar-refractivity contribution < 1.29 is 13.9 Å². The summed E-state index contributed by atoms with van der Waals surface area (Å²) in [7, 11) is 0. The molecule has 0 spiro atoms. The fourth-order valence-corrected chi connectivity index (χ4v) is 5.03. The minimum absolute atomic E-state index is 0.259. The van der Waals surface area contributed by atoms with Crippen molar-refractivity contribution >= 4 is 46.2 Å². The van der Waals surface area contributed by atoms with E-state index in [2.05, 4.69) is 10.6 Å². The van der Waals surface area contributed by atoms with E-state index in [1.165, 1.54) is 12.1 Å². The number of carbonyl (C=O) groups is 1. The van der Waals surface area contributed by atoms with Crippen LogP contribution in [-0.2, 0) is 4.79 Å². The Hall–Kier alpha value is -3.16. The summed E-state index contributed by atoms with van der Waals surface area (Å²) in [4.78, 5) is 15.3. The van der Waals surface area contributed by atoms with Gasteiger partial charge in [-0.05, 0) is 67.7 Å². The number of fused-ring (bicyclic) bond motifs is 4. The van der Waals surface area contributed by atoms with E-state index in [9.17, 15) is 9.18 Å². The molecule has 0 unspecified atom stereocenters. The average Bonchev–Trinajstić information content (AvgIpc) is 2.74. The van der Waals surface area contributed by atoms with Crippen LogP contribution in [0.3, 0.4) is 0 Å².